The average Bonchev–Trinajstić information content (AvgIpc) is 2.86. The van der Waals surface area contributed by atoms with E-state index in [0.29, 0.717) is 6.54 Å². The third-order valence-electron chi connectivity index (χ3n) is 4.51. The molecule has 1 aromatic heterocycles. The molecular formula is C19H21BrClN3O2. The maximum absolute atomic E-state index is 12.6. The molecule has 5 nitrogen and oxygen atoms in total. The van der Waals surface area contributed by atoms with Gasteiger partial charge in [-0.3, -0.25) is 14.5 Å². The molecule has 0 radical (unpaired) electrons. The smallest absolute Gasteiger partial charge is 0.251 e. The van der Waals surface area contributed by atoms with Crippen LogP contribution in [-0.2, 0) is 17.9 Å². The number of pyridine rings is 1. The van der Waals surface area contributed by atoms with Gasteiger partial charge in [-0.05, 0) is 46.1 Å². The predicted octanol–water partition coefficient (Wildman–Crippen LogP) is 3.00. The van der Waals surface area contributed by atoms with Crippen LogP contribution in [0.15, 0.2) is 51.9 Å². The van der Waals surface area contributed by atoms with Crippen molar-refractivity contribution < 1.29 is 4.79 Å². The number of benzene rings is 1. The van der Waals surface area contributed by atoms with Crippen molar-refractivity contribution >= 4 is 33.4 Å². The van der Waals surface area contributed by atoms with Crippen LogP contribution in [-0.4, -0.2) is 46.5 Å². The van der Waals surface area contributed by atoms with E-state index in [0.717, 1.165) is 42.1 Å². The summed E-state index contributed by atoms with van der Waals surface area (Å²) in [6.07, 6.45) is 2.58. The van der Waals surface area contributed by atoms with Crippen LogP contribution in [0.1, 0.15) is 12.0 Å². The fourth-order valence-electron chi connectivity index (χ4n) is 3.10. The molecule has 1 aliphatic heterocycles. The molecule has 7 heteroatoms. The Morgan fingerprint density at radius 1 is 1.04 bits per heavy atom. The van der Waals surface area contributed by atoms with E-state index in [1.807, 2.05) is 29.2 Å². The number of hydrogen-bond acceptors (Lipinski definition) is 3. The van der Waals surface area contributed by atoms with E-state index in [1.165, 1.54) is 16.2 Å². The minimum absolute atomic E-state index is 0.0152. The van der Waals surface area contributed by atoms with Gasteiger partial charge in [0.2, 0.25) is 5.91 Å². The number of carbonyl (C=O) groups is 1. The fourth-order valence-corrected chi connectivity index (χ4v) is 3.60. The second-order valence-electron chi connectivity index (χ2n) is 6.45. The van der Waals surface area contributed by atoms with Gasteiger partial charge in [0.25, 0.3) is 5.56 Å². The summed E-state index contributed by atoms with van der Waals surface area (Å²) in [6, 6.07) is 11.0. The first-order valence-electron chi connectivity index (χ1n) is 8.62. The third kappa shape index (κ3) is 5.19. The summed E-state index contributed by atoms with van der Waals surface area (Å²) >= 11 is 9.28. The summed E-state index contributed by atoms with van der Waals surface area (Å²) in [4.78, 5) is 28.7. The molecule has 0 N–H and O–H groups in total. The minimum Gasteiger partial charge on any atom is -0.340 e. The molecule has 0 unspecified atom stereocenters. The standard InChI is InChI=1S/C19H21BrClN3O2/c20-16-4-7-18(25)24(13-16)14-19(26)23-9-1-8-22(10-11-23)12-15-2-5-17(21)6-3-15/h2-7,13H,1,8-12,14H2. The van der Waals surface area contributed by atoms with E-state index >= 15 is 0 Å². The van der Waals surface area contributed by atoms with Crippen molar-refractivity contribution in [2.45, 2.75) is 19.5 Å². The molecule has 1 fully saturated rings. The molecule has 26 heavy (non-hydrogen) atoms. The Bertz CT molecular complexity index is 822. The topological polar surface area (TPSA) is 45.6 Å². The van der Waals surface area contributed by atoms with Crippen molar-refractivity contribution in [2.75, 3.05) is 26.2 Å². The number of nitrogens with zero attached hydrogens (tertiary/aromatic N) is 3. The second kappa shape index (κ2) is 8.84. The Morgan fingerprint density at radius 3 is 2.58 bits per heavy atom. The van der Waals surface area contributed by atoms with Gasteiger partial charge < -0.3 is 9.47 Å². The SMILES string of the molecule is O=C(Cn1cc(Br)ccc1=O)N1CCCN(Cc2ccc(Cl)cc2)CC1. The summed E-state index contributed by atoms with van der Waals surface area (Å²) in [7, 11) is 0. The Hall–Kier alpha value is -1.63. The highest BCUT2D eigenvalue weighted by molar-refractivity contribution is 9.10. The summed E-state index contributed by atoms with van der Waals surface area (Å²) in [5, 5.41) is 0.740. The van der Waals surface area contributed by atoms with Gasteiger partial charge in [0.1, 0.15) is 6.54 Å². The highest BCUT2D eigenvalue weighted by atomic mass is 79.9. The lowest BCUT2D eigenvalue weighted by molar-refractivity contribution is -0.131. The van der Waals surface area contributed by atoms with Crippen LogP contribution in [0.4, 0.5) is 0 Å². The first-order chi connectivity index (χ1) is 12.5. The largest absolute Gasteiger partial charge is 0.340 e. The monoisotopic (exact) mass is 437 g/mol. The number of aromatic nitrogens is 1. The van der Waals surface area contributed by atoms with Gasteiger partial charge in [0, 0.05) is 54.5 Å². The molecular weight excluding hydrogens is 418 g/mol. The molecule has 0 aliphatic carbocycles. The highest BCUT2D eigenvalue weighted by Gasteiger charge is 2.19. The van der Waals surface area contributed by atoms with E-state index in [2.05, 4.69) is 20.8 Å². The van der Waals surface area contributed by atoms with Crippen molar-refractivity contribution in [1.29, 1.82) is 0 Å². The molecule has 138 valence electrons. The van der Waals surface area contributed by atoms with Crippen LogP contribution in [0.25, 0.3) is 0 Å². The van der Waals surface area contributed by atoms with Crippen LogP contribution < -0.4 is 5.56 Å². The number of hydrogen-bond donors (Lipinski definition) is 0. The maximum atomic E-state index is 12.6. The van der Waals surface area contributed by atoms with Gasteiger partial charge in [-0.15, -0.1) is 0 Å². The van der Waals surface area contributed by atoms with Crippen molar-refractivity contribution in [1.82, 2.24) is 14.4 Å². The summed E-state index contributed by atoms with van der Waals surface area (Å²) in [6.45, 7) is 4.10. The first-order valence-corrected chi connectivity index (χ1v) is 9.79. The van der Waals surface area contributed by atoms with Gasteiger partial charge in [0.05, 0.1) is 0 Å². The highest BCUT2D eigenvalue weighted by Crippen LogP contribution is 2.13. The predicted molar refractivity (Wildman–Crippen MR) is 106 cm³/mol. The third-order valence-corrected chi connectivity index (χ3v) is 5.23. The van der Waals surface area contributed by atoms with E-state index < -0.39 is 0 Å². The van der Waals surface area contributed by atoms with Crippen molar-refractivity contribution in [3.63, 3.8) is 0 Å². The molecule has 0 saturated carbocycles. The summed E-state index contributed by atoms with van der Waals surface area (Å²) in [5.74, 6) is -0.0152. The van der Waals surface area contributed by atoms with Crippen LogP contribution in [0, 0.1) is 0 Å². The molecule has 3 rings (SSSR count). The zero-order chi connectivity index (χ0) is 18.5. The first kappa shape index (κ1) is 19.1. The maximum Gasteiger partial charge on any atom is 0.251 e. The van der Waals surface area contributed by atoms with Gasteiger partial charge in [0.15, 0.2) is 0 Å². The van der Waals surface area contributed by atoms with E-state index in [9.17, 15) is 9.59 Å². The molecule has 1 saturated heterocycles. The van der Waals surface area contributed by atoms with E-state index in [4.69, 9.17) is 11.6 Å². The summed E-state index contributed by atoms with van der Waals surface area (Å²) < 4.78 is 2.23. The van der Waals surface area contributed by atoms with Crippen molar-refractivity contribution in [2.24, 2.45) is 0 Å². The average molecular weight is 439 g/mol. The molecule has 1 aliphatic rings. The van der Waals surface area contributed by atoms with Gasteiger partial charge >= 0.3 is 0 Å². The molecule has 2 heterocycles. The molecule has 0 spiro atoms. The lowest BCUT2D eigenvalue weighted by Crippen LogP contribution is -2.38. The van der Waals surface area contributed by atoms with E-state index in [1.54, 1.807) is 12.3 Å². The van der Waals surface area contributed by atoms with Crippen LogP contribution in [0.5, 0.6) is 0 Å². The Morgan fingerprint density at radius 2 is 1.81 bits per heavy atom. The van der Waals surface area contributed by atoms with Crippen molar-refractivity contribution in [3.05, 3.63) is 68.0 Å². The van der Waals surface area contributed by atoms with E-state index in [-0.39, 0.29) is 18.0 Å². The lowest BCUT2D eigenvalue weighted by Gasteiger charge is -2.22. The lowest BCUT2D eigenvalue weighted by atomic mass is 10.2. The quantitative estimate of drug-likeness (QED) is 0.737. The zero-order valence-corrected chi connectivity index (χ0v) is 16.7. The molecule has 1 aromatic carbocycles. The molecule has 0 atom stereocenters. The number of carbonyl (C=O) groups excluding carboxylic acids is 1. The Labute approximate surface area is 166 Å². The van der Waals surface area contributed by atoms with Crippen molar-refractivity contribution in [3.8, 4) is 0 Å². The molecule has 0 bridgehead atoms. The number of rotatable bonds is 4. The normalized spacial score (nSPS) is 15.7. The van der Waals surface area contributed by atoms with Crippen LogP contribution in [0.3, 0.4) is 0 Å². The molecule has 1 amide bonds. The number of amides is 1. The number of halogens is 2. The van der Waals surface area contributed by atoms with Gasteiger partial charge in [-0.1, -0.05) is 23.7 Å². The minimum atomic E-state index is -0.166. The Balaban J connectivity index is 1.57. The Kier molecular flexibility index (Phi) is 6.51. The van der Waals surface area contributed by atoms with Gasteiger partial charge in [-0.2, -0.15) is 0 Å². The second-order valence-corrected chi connectivity index (χ2v) is 7.80. The summed E-state index contributed by atoms with van der Waals surface area (Å²) in [5.41, 5.74) is 1.05. The van der Waals surface area contributed by atoms with Gasteiger partial charge in [-0.25, -0.2) is 0 Å². The van der Waals surface area contributed by atoms with Crippen LogP contribution >= 0.6 is 27.5 Å². The van der Waals surface area contributed by atoms with Crippen LogP contribution in [0.2, 0.25) is 5.02 Å². The fraction of sp³-hybridized carbons (Fsp3) is 0.368. The zero-order valence-electron chi connectivity index (χ0n) is 14.4. The molecule has 2 aromatic rings.